The third-order valence-corrected chi connectivity index (χ3v) is 8.43. The first-order chi connectivity index (χ1) is 25.7. The number of carbonyl (C=O) groups is 1. The topological polar surface area (TPSA) is 69.6 Å². The fourth-order valence-corrected chi connectivity index (χ4v) is 5.26. The van der Waals surface area contributed by atoms with E-state index in [-0.39, 0.29) is 12.5 Å². The van der Waals surface area contributed by atoms with Crippen LogP contribution in [0.3, 0.4) is 0 Å². The Bertz CT molecular complexity index is 1080. The highest BCUT2D eigenvalue weighted by molar-refractivity contribution is 5.76. The van der Waals surface area contributed by atoms with Crippen molar-refractivity contribution in [3.8, 4) is 0 Å². The molecule has 0 heterocycles. The number of hydrogen-bond donors (Lipinski definition) is 3. The number of nitrogens with one attached hydrogen (secondary N) is 1. The van der Waals surface area contributed by atoms with Crippen LogP contribution in [0, 0.1) is 0 Å². The Labute approximate surface area is 320 Å². The third-order valence-electron chi connectivity index (χ3n) is 8.43. The van der Waals surface area contributed by atoms with Crippen molar-refractivity contribution in [1.82, 2.24) is 5.32 Å². The van der Waals surface area contributed by atoms with Gasteiger partial charge in [-0.3, -0.25) is 4.79 Å². The minimum Gasteiger partial charge on any atom is -0.394 e. The summed E-state index contributed by atoms with van der Waals surface area (Å²) in [5.74, 6) is -0.107. The second kappa shape index (κ2) is 42.2. The van der Waals surface area contributed by atoms with Gasteiger partial charge in [-0.1, -0.05) is 174 Å². The molecule has 0 aliphatic carbocycles. The lowest BCUT2D eigenvalue weighted by Crippen LogP contribution is -2.45. The SMILES string of the molecule is CC/C=C\C/C=C\C/C=C\C/C=C\C/C=C\C/C=C\C/C=C\C/C=C\CCCCCCC(=O)NC(CO)C(O)/C=C/CC/C=C/CCCCCCC. The number of carbonyl (C=O) groups excluding carboxylic acids is 1. The zero-order valence-electron chi connectivity index (χ0n) is 33.3. The van der Waals surface area contributed by atoms with E-state index in [0.29, 0.717) is 6.42 Å². The normalized spacial score (nSPS) is 14.3. The van der Waals surface area contributed by atoms with Gasteiger partial charge in [0.25, 0.3) is 0 Å². The second-order valence-corrected chi connectivity index (χ2v) is 13.3. The summed E-state index contributed by atoms with van der Waals surface area (Å²) < 4.78 is 0. The Balaban J connectivity index is 3.76. The van der Waals surface area contributed by atoms with Crippen molar-refractivity contribution in [3.63, 3.8) is 0 Å². The molecule has 4 nitrogen and oxygen atoms in total. The summed E-state index contributed by atoms with van der Waals surface area (Å²) in [7, 11) is 0. The molecule has 4 heteroatoms. The lowest BCUT2D eigenvalue weighted by atomic mass is 10.1. The molecule has 0 radical (unpaired) electrons. The Hall–Kier alpha value is -3.21. The average molecular weight is 716 g/mol. The first kappa shape index (κ1) is 48.8. The van der Waals surface area contributed by atoms with E-state index < -0.39 is 12.1 Å². The van der Waals surface area contributed by atoms with Crippen LogP contribution in [0.5, 0.6) is 0 Å². The zero-order chi connectivity index (χ0) is 37.8. The van der Waals surface area contributed by atoms with Gasteiger partial charge in [-0.05, 0) is 96.3 Å². The predicted molar refractivity (Wildman–Crippen MR) is 229 cm³/mol. The largest absolute Gasteiger partial charge is 0.394 e. The summed E-state index contributed by atoms with van der Waals surface area (Å²) in [6, 6.07) is -0.660. The van der Waals surface area contributed by atoms with E-state index in [1.807, 2.05) is 6.08 Å². The van der Waals surface area contributed by atoms with Gasteiger partial charge in [0.05, 0.1) is 18.8 Å². The second-order valence-electron chi connectivity index (χ2n) is 13.3. The van der Waals surface area contributed by atoms with E-state index in [0.717, 1.165) is 103 Å². The quantitative estimate of drug-likeness (QED) is 0.0452. The standard InChI is InChI=1S/C48H77NO3/c1-3-5-7-9-11-13-15-16-17-18-19-20-21-22-23-24-25-26-27-28-29-30-31-32-34-36-38-40-42-44-48(52)49-46(45-50)47(51)43-41-39-37-35-33-14-12-10-8-6-4-2/h5,7,11,13,16-17,19-20,22-23,25-26,28-29,31-33,35,41,43,46-47,50-51H,3-4,6,8-10,12,14-15,18,21,24,27,30,34,36-40,42,44-45H2,1-2H3,(H,49,52)/b7-5-,13-11-,17-16-,20-19-,23-22-,26-25-,29-28-,32-31-,35-33+,43-41+. The molecule has 0 spiro atoms. The minimum absolute atomic E-state index is 0.107. The van der Waals surface area contributed by atoms with Crippen LogP contribution in [-0.2, 0) is 4.79 Å². The molecule has 292 valence electrons. The van der Waals surface area contributed by atoms with Crippen LogP contribution in [0.4, 0.5) is 0 Å². The van der Waals surface area contributed by atoms with Crippen LogP contribution in [-0.4, -0.2) is 34.9 Å². The van der Waals surface area contributed by atoms with Gasteiger partial charge in [0.1, 0.15) is 0 Å². The molecule has 0 aromatic rings. The maximum atomic E-state index is 12.3. The molecular weight excluding hydrogens is 639 g/mol. The lowest BCUT2D eigenvalue weighted by molar-refractivity contribution is -0.123. The summed E-state index contributed by atoms with van der Waals surface area (Å²) in [6.07, 6.45) is 65.8. The summed E-state index contributed by atoms with van der Waals surface area (Å²) in [5, 5.41) is 22.8. The summed E-state index contributed by atoms with van der Waals surface area (Å²) in [6.45, 7) is 4.12. The molecule has 0 bridgehead atoms. The van der Waals surface area contributed by atoms with Crippen molar-refractivity contribution >= 4 is 5.91 Å². The first-order valence-electron chi connectivity index (χ1n) is 20.7. The molecule has 0 saturated heterocycles. The number of allylic oxidation sites excluding steroid dienone is 19. The first-order valence-corrected chi connectivity index (χ1v) is 20.7. The molecule has 0 aliphatic rings. The summed E-state index contributed by atoms with van der Waals surface area (Å²) >= 11 is 0. The van der Waals surface area contributed by atoms with Crippen LogP contribution in [0.25, 0.3) is 0 Å². The fraction of sp³-hybridized carbons (Fsp3) is 0.562. The van der Waals surface area contributed by atoms with Crippen molar-refractivity contribution in [1.29, 1.82) is 0 Å². The van der Waals surface area contributed by atoms with Crippen molar-refractivity contribution in [2.24, 2.45) is 0 Å². The fourth-order valence-electron chi connectivity index (χ4n) is 5.26. The molecule has 2 unspecified atom stereocenters. The Morgan fingerprint density at radius 2 is 0.865 bits per heavy atom. The molecule has 52 heavy (non-hydrogen) atoms. The van der Waals surface area contributed by atoms with Crippen molar-refractivity contribution in [3.05, 3.63) is 122 Å². The third kappa shape index (κ3) is 38.0. The van der Waals surface area contributed by atoms with E-state index in [2.05, 4.69) is 129 Å². The molecule has 3 N–H and O–H groups in total. The molecule has 2 atom stereocenters. The Kier molecular flexibility index (Phi) is 39.6. The van der Waals surface area contributed by atoms with Crippen molar-refractivity contribution < 1.29 is 15.0 Å². The highest BCUT2D eigenvalue weighted by atomic mass is 16.3. The van der Waals surface area contributed by atoms with Gasteiger partial charge in [-0.2, -0.15) is 0 Å². The zero-order valence-corrected chi connectivity index (χ0v) is 33.3. The molecular formula is C48H77NO3. The molecule has 0 aliphatic heterocycles. The molecule has 0 rings (SSSR count). The number of aliphatic hydroxyl groups is 2. The van der Waals surface area contributed by atoms with Gasteiger partial charge in [-0.15, -0.1) is 0 Å². The van der Waals surface area contributed by atoms with Gasteiger partial charge in [-0.25, -0.2) is 0 Å². The van der Waals surface area contributed by atoms with Crippen molar-refractivity contribution in [2.45, 2.75) is 167 Å². The number of aliphatic hydroxyl groups excluding tert-OH is 2. The summed E-state index contributed by atoms with van der Waals surface area (Å²) in [5.41, 5.74) is 0. The Morgan fingerprint density at radius 3 is 1.33 bits per heavy atom. The maximum absolute atomic E-state index is 12.3. The van der Waals surface area contributed by atoms with Crippen molar-refractivity contribution in [2.75, 3.05) is 6.61 Å². The van der Waals surface area contributed by atoms with Crippen LogP contribution in [0.1, 0.15) is 155 Å². The van der Waals surface area contributed by atoms with Gasteiger partial charge in [0, 0.05) is 6.42 Å². The maximum Gasteiger partial charge on any atom is 0.220 e. The number of amides is 1. The van der Waals surface area contributed by atoms with E-state index in [1.165, 1.54) is 32.1 Å². The molecule has 0 aromatic heterocycles. The van der Waals surface area contributed by atoms with E-state index in [9.17, 15) is 15.0 Å². The van der Waals surface area contributed by atoms with Crippen LogP contribution in [0.2, 0.25) is 0 Å². The minimum atomic E-state index is -0.880. The van der Waals surface area contributed by atoms with E-state index >= 15 is 0 Å². The highest BCUT2D eigenvalue weighted by Gasteiger charge is 2.17. The average Bonchev–Trinajstić information content (AvgIpc) is 3.15. The van der Waals surface area contributed by atoms with Crippen LogP contribution < -0.4 is 5.32 Å². The van der Waals surface area contributed by atoms with Gasteiger partial charge >= 0.3 is 0 Å². The lowest BCUT2D eigenvalue weighted by Gasteiger charge is -2.19. The number of rotatable bonds is 35. The van der Waals surface area contributed by atoms with Crippen LogP contribution >= 0.6 is 0 Å². The monoisotopic (exact) mass is 716 g/mol. The summed E-state index contributed by atoms with van der Waals surface area (Å²) in [4.78, 5) is 12.3. The Morgan fingerprint density at radius 1 is 0.481 bits per heavy atom. The molecule has 0 saturated carbocycles. The van der Waals surface area contributed by atoms with Gasteiger partial charge in [0.15, 0.2) is 0 Å². The predicted octanol–water partition coefficient (Wildman–Crippen LogP) is 13.0. The smallest absolute Gasteiger partial charge is 0.220 e. The molecule has 0 aromatic carbocycles. The van der Waals surface area contributed by atoms with Gasteiger partial charge < -0.3 is 15.5 Å². The molecule has 1 amide bonds. The number of unbranched alkanes of at least 4 members (excludes halogenated alkanes) is 10. The van der Waals surface area contributed by atoms with Gasteiger partial charge in [0.2, 0.25) is 5.91 Å². The van der Waals surface area contributed by atoms with E-state index in [1.54, 1.807) is 6.08 Å². The van der Waals surface area contributed by atoms with E-state index in [4.69, 9.17) is 0 Å². The number of hydrogen-bond acceptors (Lipinski definition) is 3. The van der Waals surface area contributed by atoms with Crippen LogP contribution in [0.15, 0.2) is 122 Å². The highest BCUT2D eigenvalue weighted by Crippen LogP contribution is 2.09. The molecule has 0 fully saturated rings.